The second-order valence-corrected chi connectivity index (χ2v) is 11.7. The predicted molar refractivity (Wildman–Crippen MR) is 152 cm³/mol. The number of rotatable bonds is 2. The molecule has 0 bridgehead atoms. The first-order valence-electron chi connectivity index (χ1n) is 14.3. The van der Waals surface area contributed by atoms with E-state index in [2.05, 4.69) is 16.3 Å². The fraction of sp³-hybridized carbons (Fsp3) is 0.548. The van der Waals surface area contributed by atoms with Gasteiger partial charge in [0.2, 0.25) is 0 Å². The number of ether oxygens (including phenoxy) is 1. The molecule has 2 fully saturated rings. The summed E-state index contributed by atoms with van der Waals surface area (Å²) < 4.78 is 6.04. The molecule has 2 aromatic carbocycles. The summed E-state index contributed by atoms with van der Waals surface area (Å²) in [5.74, 6) is 0.804. The molecule has 6 nitrogen and oxygen atoms in total. The molecule has 3 aliphatic rings. The maximum Gasteiger partial charge on any atom is 0.260 e. The van der Waals surface area contributed by atoms with Crippen LogP contribution in [0.15, 0.2) is 42.5 Å². The van der Waals surface area contributed by atoms with Crippen molar-refractivity contribution in [2.75, 3.05) is 37.6 Å². The van der Waals surface area contributed by atoms with Gasteiger partial charge >= 0.3 is 0 Å². The molecule has 38 heavy (non-hydrogen) atoms. The van der Waals surface area contributed by atoms with E-state index in [1.165, 1.54) is 6.42 Å². The summed E-state index contributed by atoms with van der Waals surface area (Å²) in [5, 5.41) is 3.89. The number of carbonyl (C=O) groups is 2. The number of aryl methyl sites for hydroxylation is 1. The Morgan fingerprint density at radius 2 is 1.74 bits per heavy atom. The van der Waals surface area contributed by atoms with Crippen LogP contribution in [0.3, 0.4) is 0 Å². The lowest BCUT2D eigenvalue weighted by molar-refractivity contribution is -0.128. The lowest BCUT2D eigenvalue weighted by Gasteiger charge is -2.42. The van der Waals surface area contributed by atoms with Crippen LogP contribution in [-0.2, 0) is 11.2 Å². The summed E-state index contributed by atoms with van der Waals surface area (Å²) in [5.41, 5.74) is 2.85. The number of para-hydroxylation sites is 1. The molecule has 5 rings (SSSR count). The number of piperidine rings is 2. The van der Waals surface area contributed by atoms with Crippen LogP contribution in [0.25, 0.3) is 0 Å². The highest BCUT2D eigenvalue weighted by molar-refractivity contribution is 6.33. The van der Waals surface area contributed by atoms with E-state index < -0.39 is 6.10 Å². The Hall–Kier alpha value is -2.73. The average Bonchev–Trinajstić information content (AvgIpc) is 2.95. The molecule has 1 spiro atoms. The molecule has 0 unspecified atom stereocenters. The second-order valence-electron chi connectivity index (χ2n) is 11.3. The third-order valence-electron chi connectivity index (χ3n) is 8.69. The number of hydrogen-bond acceptors (Lipinski definition) is 4. The molecule has 2 saturated heterocycles. The smallest absolute Gasteiger partial charge is 0.260 e. The van der Waals surface area contributed by atoms with E-state index in [1.807, 2.05) is 48.2 Å². The Bertz CT molecular complexity index is 1140. The number of carbonyl (C=O) groups excluding carboxylic acids is 2. The van der Waals surface area contributed by atoms with Gasteiger partial charge in [0.15, 0.2) is 6.10 Å². The number of fused-ring (bicyclic) bond motifs is 1. The van der Waals surface area contributed by atoms with Crippen LogP contribution in [0.2, 0.25) is 5.02 Å². The number of hydrogen-bond donors (Lipinski definition) is 1. The Morgan fingerprint density at radius 3 is 2.53 bits per heavy atom. The molecule has 7 heteroatoms. The van der Waals surface area contributed by atoms with Gasteiger partial charge < -0.3 is 19.9 Å². The van der Waals surface area contributed by atoms with Crippen molar-refractivity contribution in [3.63, 3.8) is 0 Å². The molecule has 2 aromatic rings. The average molecular weight is 538 g/mol. The SMILES string of the molecule is C[C@H]1Oc2ccccc2CCCCC2(CCN(C(=O)c3ccc(Cl)c(N4CCCCC4)c3)CC2)CNC1=O. The highest BCUT2D eigenvalue weighted by Gasteiger charge is 2.37. The van der Waals surface area contributed by atoms with Crippen molar-refractivity contribution in [2.24, 2.45) is 5.41 Å². The highest BCUT2D eigenvalue weighted by Crippen LogP contribution is 2.38. The van der Waals surface area contributed by atoms with Crippen LogP contribution in [-0.4, -0.2) is 55.5 Å². The van der Waals surface area contributed by atoms with Crippen molar-refractivity contribution in [1.82, 2.24) is 10.2 Å². The van der Waals surface area contributed by atoms with E-state index in [-0.39, 0.29) is 17.2 Å². The zero-order valence-corrected chi connectivity index (χ0v) is 23.3. The molecule has 3 heterocycles. The molecule has 0 aliphatic carbocycles. The van der Waals surface area contributed by atoms with Gasteiger partial charge in [-0.2, -0.15) is 0 Å². The van der Waals surface area contributed by atoms with Gasteiger partial charge in [0, 0.05) is 38.3 Å². The molecule has 2 amide bonds. The Morgan fingerprint density at radius 1 is 0.974 bits per heavy atom. The molecule has 0 aromatic heterocycles. The summed E-state index contributed by atoms with van der Waals surface area (Å²) >= 11 is 6.53. The quantitative estimate of drug-likeness (QED) is 0.521. The molecule has 204 valence electrons. The first-order chi connectivity index (χ1) is 18.4. The zero-order valence-electron chi connectivity index (χ0n) is 22.5. The number of nitrogens with zero attached hydrogens (tertiary/aromatic N) is 2. The maximum atomic E-state index is 13.5. The largest absolute Gasteiger partial charge is 0.481 e. The molecular formula is C31H40ClN3O3. The van der Waals surface area contributed by atoms with Gasteiger partial charge in [-0.15, -0.1) is 0 Å². The molecule has 1 atom stereocenters. The number of nitrogens with one attached hydrogen (secondary N) is 1. The van der Waals surface area contributed by atoms with Crippen molar-refractivity contribution in [3.8, 4) is 5.75 Å². The van der Waals surface area contributed by atoms with Crippen molar-refractivity contribution >= 4 is 29.1 Å². The number of anilines is 1. The normalized spacial score (nSPS) is 22.5. The van der Waals surface area contributed by atoms with E-state index in [9.17, 15) is 9.59 Å². The first-order valence-corrected chi connectivity index (χ1v) is 14.7. The topological polar surface area (TPSA) is 61.9 Å². The van der Waals surface area contributed by atoms with Crippen LogP contribution in [0, 0.1) is 5.41 Å². The minimum atomic E-state index is -0.548. The van der Waals surface area contributed by atoms with Crippen LogP contribution in [0.5, 0.6) is 5.75 Å². The lowest BCUT2D eigenvalue weighted by atomic mass is 9.74. The van der Waals surface area contributed by atoms with E-state index in [0.29, 0.717) is 30.2 Å². The third-order valence-corrected chi connectivity index (χ3v) is 9.01. The molecule has 0 saturated carbocycles. The predicted octanol–water partition coefficient (Wildman–Crippen LogP) is 5.86. The fourth-order valence-corrected chi connectivity index (χ4v) is 6.44. The Balaban J connectivity index is 1.25. The van der Waals surface area contributed by atoms with Crippen LogP contribution >= 0.6 is 11.6 Å². The zero-order chi connectivity index (χ0) is 26.5. The number of benzene rings is 2. The summed E-state index contributed by atoms with van der Waals surface area (Å²) in [6.07, 6.45) is 8.97. The van der Waals surface area contributed by atoms with E-state index in [0.717, 1.165) is 81.5 Å². The molecule has 0 radical (unpaired) electrons. The summed E-state index contributed by atoms with van der Waals surface area (Å²) in [7, 11) is 0. The van der Waals surface area contributed by atoms with Gasteiger partial charge in [-0.05, 0) is 93.5 Å². The Labute approximate surface area is 231 Å². The van der Waals surface area contributed by atoms with Gasteiger partial charge in [0.05, 0.1) is 10.7 Å². The van der Waals surface area contributed by atoms with Crippen molar-refractivity contribution in [2.45, 2.75) is 70.8 Å². The molecular weight excluding hydrogens is 498 g/mol. The lowest BCUT2D eigenvalue weighted by Crippen LogP contribution is -2.49. The van der Waals surface area contributed by atoms with Gasteiger partial charge in [-0.1, -0.05) is 36.2 Å². The maximum absolute atomic E-state index is 13.5. The fourth-order valence-electron chi connectivity index (χ4n) is 6.21. The number of likely N-dealkylation sites (tertiary alicyclic amines) is 1. The second kappa shape index (κ2) is 12.0. The summed E-state index contributed by atoms with van der Waals surface area (Å²) in [6, 6.07) is 13.7. The Kier molecular flexibility index (Phi) is 8.47. The van der Waals surface area contributed by atoms with Crippen molar-refractivity contribution < 1.29 is 14.3 Å². The highest BCUT2D eigenvalue weighted by atomic mass is 35.5. The van der Waals surface area contributed by atoms with Gasteiger partial charge in [0.1, 0.15) is 5.75 Å². The molecule has 1 N–H and O–H groups in total. The van der Waals surface area contributed by atoms with E-state index in [4.69, 9.17) is 16.3 Å². The molecule has 3 aliphatic heterocycles. The van der Waals surface area contributed by atoms with E-state index >= 15 is 0 Å². The minimum absolute atomic E-state index is 0.00380. The van der Waals surface area contributed by atoms with Gasteiger partial charge in [-0.25, -0.2) is 0 Å². The first kappa shape index (κ1) is 26.9. The van der Waals surface area contributed by atoms with Crippen molar-refractivity contribution in [1.29, 1.82) is 0 Å². The summed E-state index contributed by atoms with van der Waals surface area (Å²) in [4.78, 5) is 30.7. The standard InChI is InChI=1S/C31H40ClN3O3/c1-23-29(36)33-22-31(14-6-5-10-24-9-3-4-11-28(24)38-23)15-19-35(20-16-31)30(37)25-12-13-26(32)27(21-25)34-17-7-2-8-18-34/h3-4,9,11-13,21,23H,2,5-8,10,14-20,22H2,1H3,(H,33,36)/t23-/m1/s1. The third kappa shape index (κ3) is 6.12. The van der Waals surface area contributed by atoms with Crippen LogP contribution in [0.1, 0.15) is 74.2 Å². The summed E-state index contributed by atoms with van der Waals surface area (Å²) in [6.45, 7) is 5.82. The van der Waals surface area contributed by atoms with E-state index in [1.54, 1.807) is 0 Å². The van der Waals surface area contributed by atoms with Gasteiger partial charge in [0.25, 0.3) is 11.8 Å². The van der Waals surface area contributed by atoms with Crippen molar-refractivity contribution in [3.05, 3.63) is 58.6 Å². The van der Waals surface area contributed by atoms with Gasteiger partial charge in [-0.3, -0.25) is 9.59 Å². The van der Waals surface area contributed by atoms with Crippen LogP contribution in [0.4, 0.5) is 5.69 Å². The monoisotopic (exact) mass is 537 g/mol. The minimum Gasteiger partial charge on any atom is -0.481 e. The van der Waals surface area contributed by atoms with Crippen LogP contribution < -0.4 is 15.0 Å². The number of halogens is 1. The number of amides is 2.